The number of nitrogens with zero attached hydrogens (tertiary/aromatic N) is 1. The van der Waals surface area contributed by atoms with Crippen LogP contribution in [0, 0.1) is 17.4 Å². The lowest BCUT2D eigenvalue weighted by Gasteiger charge is -2.12. The minimum absolute atomic E-state index is 0.176. The molecule has 35 heavy (non-hydrogen) atoms. The van der Waals surface area contributed by atoms with Crippen molar-refractivity contribution in [2.24, 2.45) is 4.99 Å². The second-order valence-electron chi connectivity index (χ2n) is 7.73. The highest BCUT2D eigenvalue weighted by Gasteiger charge is 2.24. The molecule has 1 amide bonds. The average molecular weight is 767 g/mol. The number of amides is 1. The number of ether oxygens (including phenoxy) is 1. The molecule has 1 aliphatic rings. The minimum Gasteiger partial charge on any atom is -0.487 e. The fraction of sp³-hybridized carbons (Fsp3) is 0.120. The lowest BCUT2D eigenvalue weighted by atomic mass is 10.1. The van der Waals surface area contributed by atoms with Gasteiger partial charge < -0.3 is 10.1 Å². The van der Waals surface area contributed by atoms with Crippen molar-refractivity contribution < 1.29 is 9.53 Å². The summed E-state index contributed by atoms with van der Waals surface area (Å²) in [5.74, 6) is 0.538. The number of carbonyl (C=O) groups excluding carboxylic acids is 1. The van der Waals surface area contributed by atoms with Gasteiger partial charge in [0.2, 0.25) is 0 Å². The number of benzene rings is 3. The van der Waals surface area contributed by atoms with E-state index in [0.29, 0.717) is 32.5 Å². The summed E-state index contributed by atoms with van der Waals surface area (Å²) < 4.78 is 8.78. The standard InChI is InChI=1S/C25H17Br2Cl2IN2O2S/c1-12-5-16(6-13(2)22(12)27)31-25-32-24(33)21(35-25)10-15-7-17(26)23(20(30)9-15)34-11-14-3-4-18(28)19(29)8-14/h3-10H,11H2,1-2H3,(H,31,32,33)/b21-10-. The molecule has 0 bridgehead atoms. The molecule has 1 N–H and O–H groups in total. The van der Waals surface area contributed by atoms with E-state index in [9.17, 15) is 4.79 Å². The highest BCUT2D eigenvalue weighted by molar-refractivity contribution is 14.1. The van der Waals surface area contributed by atoms with E-state index >= 15 is 0 Å². The maximum absolute atomic E-state index is 12.6. The van der Waals surface area contributed by atoms with Crippen LogP contribution in [-0.4, -0.2) is 11.1 Å². The Labute approximate surface area is 248 Å². The molecule has 0 aromatic heterocycles. The van der Waals surface area contributed by atoms with Crippen molar-refractivity contribution in [2.75, 3.05) is 0 Å². The molecule has 1 aliphatic heterocycles. The molecule has 1 saturated heterocycles. The molecule has 0 saturated carbocycles. The maximum atomic E-state index is 12.6. The second-order valence-corrected chi connectivity index (χ2v) is 12.4. The van der Waals surface area contributed by atoms with Gasteiger partial charge in [-0.2, -0.15) is 0 Å². The molecule has 1 heterocycles. The lowest BCUT2D eigenvalue weighted by molar-refractivity contribution is -0.115. The highest BCUT2D eigenvalue weighted by Crippen LogP contribution is 2.36. The highest BCUT2D eigenvalue weighted by atomic mass is 127. The van der Waals surface area contributed by atoms with Crippen molar-refractivity contribution in [2.45, 2.75) is 20.5 Å². The third-order valence-electron chi connectivity index (χ3n) is 4.99. The van der Waals surface area contributed by atoms with Crippen LogP contribution >= 0.6 is 89.4 Å². The fourth-order valence-electron chi connectivity index (χ4n) is 3.32. The van der Waals surface area contributed by atoms with Gasteiger partial charge >= 0.3 is 0 Å². The van der Waals surface area contributed by atoms with Crippen molar-refractivity contribution in [3.63, 3.8) is 0 Å². The van der Waals surface area contributed by atoms with Gasteiger partial charge in [-0.1, -0.05) is 45.2 Å². The molecule has 0 spiro atoms. The van der Waals surface area contributed by atoms with Crippen molar-refractivity contribution in [3.05, 3.63) is 92.2 Å². The summed E-state index contributed by atoms with van der Waals surface area (Å²) in [5, 5.41) is 4.40. The average Bonchev–Trinajstić information content (AvgIpc) is 3.12. The van der Waals surface area contributed by atoms with Crippen LogP contribution in [0.5, 0.6) is 5.75 Å². The fourth-order valence-corrected chi connectivity index (χ4v) is 6.48. The van der Waals surface area contributed by atoms with E-state index in [0.717, 1.165) is 40.5 Å². The van der Waals surface area contributed by atoms with Crippen LogP contribution in [0.25, 0.3) is 6.08 Å². The Hall–Kier alpha value is -1.04. The minimum atomic E-state index is -0.176. The Bertz CT molecular complexity index is 1370. The Kier molecular flexibility index (Phi) is 8.92. The quantitative estimate of drug-likeness (QED) is 0.208. The predicted octanol–water partition coefficient (Wildman–Crippen LogP) is 9.21. The van der Waals surface area contributed by atoms with Crippen LogP contribution in [0.1, 0.15) is 22.3 Å². The van der Waals surface area contributed by atoms with Crippen molar-refractivity contribution in [3.8, 4) is 5.75 Å². The third kappa shape index (κ3) is 6.64. The normalized spacial score (nSPS) is 15.7. The number of rotatable bonds is 5. The summed E-state index contributed by atoms with van der Waals surface area (Å²) in [4.78, 5) is 17.8. The zero-order valence-electron chi connectivity index (χ0n) is 18.4. The van der Waals surface area contributed by atoms with E-state index in [1.807, 2.05) is 50.3 Å². The number of hydrogen-bond acceptors (Lipinski definition) is 4. The number of thioether (sulfide) groups is 1. The molecule has 1 fully saturated rings. The maximum Gasteiger partial charge on any atom is 0.264 e. The van der Waals surface area contributed by atoms with E-state index in [-0.39, 0.29) is 5.91 Å². The number of halogens is 5. The van der Waals surface area contributed by atoms with Crippen molar-refractivity contribution in [1.29, 1.82) is 0 Å². The van der Waals surface area contributed by atoms with Gasteiger partial charge in [-0.25, -0.2) is 4.99 Å². The first kappa shape index (κ1) is 27.0. The summed E-state index contributed by atoms with van der Waals surface area (Å²) in [6.45, 7) is 4.38. The smallest absolute Gasteiger partial charge is 0.264 e. The SMILES string of the molecule is Cc1cc(N=C2NC(=O)/C(=C/c3cc(Br)c(OCc4ccc(Cl)c(Cl)c4)c(I)c3)S2)cc(C)c1Br. The number of hydrogen-bond donors (Lipinski definition) is 1. The first-order valence-corrected chi connectivity index (χ1v) is 14.5. The van der Waals surface area contributed by atoms with Crippen LogP contribution in [0.15, 0.2) is 61.3 Å². The Morgan fingerprint density at radius 3 is 2.46 bits per heavy atom. The Morgan fingerprint density at radius 1 is 1.09 bits per heavy atom. The van der Waals surface area contributed by atoms with Gasteiger partial charge in [0, 0.05) is 4.47 Å². The summed E-state index contributed by atoms with van der Waals surface area (Å²) in [6.07, 6.45) is 1.84. The number of carbonyl (C=O) groups is 1. The summed E-state index contributed by atoms with van der Waals surface area (Å²) in [6, 6.07) is 13.3. The third-order valence-corrected chi connectivity index (χ3v) is 9.28. The van der Waals surface area contributed by atoms with Crippen LogP contribution < -0.4 is 10.1 Å². The second kappa shape index (κ2) is 11.6. The predicted molar refractivity (Wildman–Crippen MR) is 162 cm³/mol. The first-order chi connectivity index (χ1) is 16.6. The molecule has 0 aliphatic carbocycles. The van der Waals surface area contributed by atoms with Gasteiger partial charge in [0.1, 0.15) is 12.4 Å². The van der Waals surface area contributed by atoms with E-state index < -0.39 is 0 Å². The van der Waals surface area contributed by atoms with Crippen LogP contribution in [-0.2, 0) is 11.4 Å². The van der Waals surface area contributed by atoms with Crippen LogP contribution in [0.2, 0.25) is 10.0 Å². The summed E-state index contributed by atoms with van der Waals surface area (Å²) in [5.41, 5.74) is 4.77. The van der Waals surface area contributed by atoms with E-state index in [2.05, 4.69) is 64.8 Å². The van der Waals surface area contributed by atoms with Gasteiger partial charge in [-0.3, -0.25) is 4.79 Å². The molecule has 4 nitrogen and oxygen atoms in total. The van der Waals surface area contributed by atoms with Crippen LogP contribution in [0.3, 0.4) is 0 Å². The molecule has 10 heteroatoms. The summed E-state index contributed by atoms with van der Waals surface area (Å²) >= 11 is 22.8. The Balaban J connectivity index is 1.51. The van der Waals surface area contributed by atoms with Gasteiger partial charge in [0.05, 0.1) is 28.7 Å². The molecule has 4 rings (SSSR count). The van der Waals surface area contributed by atoms with E-state index in [1.54, 1.807) is 12.1 Å². The van der Waals surface area contributed by atoms with Crippen molar-refractivity contribution >= 4 is 112 Å². The monoisotopic (exact) mass is 764 g/mol. The molecule has 180 valence electrons. The molecule has 3 aromatic carbocycles. The molecule has 0 radical (unpaired) electrons. The topological polar surface area (TPSA) is 50.7 Å². The lowest BCUT2D eigenvalue weighted by Crippen LogP contribution is -2.19. The number of nitrogens with one attached hydrogen (secondary N) is 1. The Morgan fingerprint density at radius 2 is 1.80 bits per heavy atom. The molecule has 3 aromatic rings. The van der Waals surface area contributed by atoms with Crippen LogP contribution in [0.4, 0.5) is 5.69 Å². The number of aliphatic imine (C=N–C) groups is 1. The molecular formula is C25H17Br2Cl2IN2O2S. The van der Waals surface area contributed by atoms with Gasteiger partial charge in [-0.05, 0) is 129 Å². The molecule has 0 atom stereocenters. The van der Waals surface area contributed by atoms with Gasteiger partial charge in [0.15, 0.2) is 5.17 Å². The first-order valence-electron chi connectivity index (χ1n) is 10.2. The largest absolute Gasteiger partial charge is 0.487 e. The number of amidine groups is 1. The van der Waals surface area contributed by atoms with E-state index in [1.165, 1.54) is 11.8 Å². The van der Waals surface area contributed by atoms with Gasteiger partial charge in [0.25, 0.3) is 5.91 Å². The van der Waals surface area contributed by atoms with Crippen molar-refractivity contribution in [1.82, 2.24) is 5.32 Å². The molecular weight excluding hydrogens is 750 g/mol. The van der Waals surface area contributed by atoms with Gasteiger partial charge in [-0.15, -0.1) is 0 Å². The zero-order chi connectivity index (χ0) is 25.3. The number of aryl methyl sites for hydroxylation is 2. The summed E-state index contributed by atoms with van der Waals surface area (Å²) in [7, 11) is 0. The van der Waals surface area contributed by atoms with E-state index in [4.69, 9.17) is 27.9 Å². The molecule has 0 unspecified atom stereocenters. The zero-order valence-corrected chi connectivity index (χ0v) is 26.0.